The van der Waals surface area contributed by atoms with Gasteiger partial charge in [0.1, 0.15) is 0 Å². The predicted molar refractivity (Wildman–Crippen MR) is 78.0 cm³/mol. The zero-order chi connectivity index (χ0) is 13.1. The first-order valence-electron chi connectivity index (χ1n) is 7.35. The quantitative estimate of drug-likeness (QED) is 0.830. The lowest BCUT2D eigenvalue weighted by Crippen LogP contribution is -2.20. The molecule has 1 aliphatic carbocycles. The lowest BCUT2D eigenvalue weighted by atomic mass is 9.90. The molecule has 0 spiro atoms. The summed E-state index contributed by atoms with van der Waals surface area (Å²) in [6.45, 7) is 0. The van der Waals surface area contributed by atoms with Crippen LogP contribution in [0, 0.1) is 5.92 Å². The first-order chi connectivity index (χ1) is 9.33. The van der Waals surface area contributed by atoms with Gasteiger partial charge in [-0.25, -0.2) is 0 Å². The third-order valence-electron chi connectivity index (χ3n) is 4.28. The minimum Gasteiger partial charge on any atom is -0.393 e. The van der Waals surface area contributed by atoms with Crippen LogP contribution in [-0.2, 0) is 6.42 Å². The van der Waals surface area contributed by atoms with E-state index < -0.39 is 0 Å². The maximum Gasteiger partial charge on any atom is 0.0702 e. The number of hydrogen-bond donors (Lipinski definition) is 1. The fourth-order valence-electron chi connectivity index (χ4n) is 3.16. The Bertz CT molecular complexity index is 552. The maximum absolute atomic E-state index is 10.2. The molecule has 1 heterocycles. The first-order valence-corrected chi connectivity index (χ1v) is 7.35. The standard InChI is InChI=1S/C17H21NO/c19-17-7-3-1-2-5-15(17)12-13-8-9-16-14(11-13)6-4-10-18-16/h4,6,8-11,15,17,19H,1-3,5,7,12H2. The topological polar surface area (TPSA) is 33.1 Å². The van der Waals surface area contributed by atoms with Crippen LogP contribution in [0.15, 0.2) is 36.5 Å². The highest BCUT2D eigenvalue weighted by Crippen LogP contribution is 2.27. The van der Waals surface area contributed by atoms with Crippen molar-refractivity contribution in [3.63, 3.8) is 0 Å². The van der Waals surface area contributed by atoms with Crippen LogP contribution in [0.2, 0.25) is 0 Å². The van der Waals surface area contributed by atoms with Crippen LogP contribution in [-0.4, -0.2) is 16.2 Å². The van der Waals surface area contributed by atoms with Gasteiger partial charge in [0.15, 0.2) is 0 Å². The zero-order valence-electron chi connectivity index (χ0n) is 11.3. The number of nitrogens with zero attached hydrogens (tertiary/aromatic N) is 1. The van der Waals surface area contributed by atoms with E-state index in [1.165, 1.54) is 30.2 Å². The molecule has 0 aliphatic heterocycles. The monoisotopic (exact) mass is 255 g/mol. The van der Waals surface area contributed by atoms with Crippen LogP contribution in [0.3, 0.4) is 0 Å². The third-order valence-corrected chi connectivity index (χ3v) is 4.28. The van der Waals surface area contributed by atoms with Gasteiger partial charge in [-0.3, -0.25) is 4.98 Å². The number of aliphatic hydroxyl groups is 1. The molecule has 1 N–H and O–H groups in total. The largest absolute Gasteiger partial charge is 0.393 e. The average Bonchev–Trinajstić information content (AvgIpc) is 2.64. The van der Waals surface area contributed by atoms with E-state index in [4.69, 9.17) is 0 Å². The molecule has 2 atom stereocenters. The molecule has 0 radical (unpaired) electrons. The van der Waals surface area contributed by atoms with Crippen LogP contribution in [0.25, 0.3) is 10.9 Å². The van der Waals surface area contributed by atoms with E-state index in [0.717, 1.165) is 24.8 Å². The molecule has 1 aromatic carbocycles. The number of rotatable bonds is 2. The molecule has 2 nitrogen and oxygen atoms in total. The van der Waals surface area contributed by atoms with Crippen LogP contribution >= 0.6 is 0 Å². The Morgan fingerprint density at radius 2 is 2.00 bits per heavy atom. The van der Waals surface area contributed by atoms with Gasteiger partial charge in [0.2, 0.25) is 0 Å². The Kier molecular flexibility index (Phi) is 3.79. The molecular weight excluding hydrogens is 234 g/mol. The Morgan fingerprint density at radius 3 is 2.95 bits per heavy atom. The Hall–Kier alpha value is -1.41. The van der Waals surface area contributed by atoms with Crippen molar-refractivity contribution in [2.24, 2.45) is 5.92 Å². The SMILES string of the molecule is OC1CCCCCC1Cc1ccc2ncccc2c1. The second-order valence-corrected chi connectivity index (χ2v) is 5.70. The van der Waals surface area contributed by atoms with E-state index >= 15 is 0 Å². The summed E-state index contributed by atoms with van der Waals surface area (Å²) in [7, 11) is 0. The molecule has 3 rings (SSSR count). The highest BCUT2D eigenvalue weighted by atomic mass is 16.3. The summed E-state index contributed by atoms with van der Waals surface area (Å²) in [5, 5.41) is 11.4. The summed E-state index contributed by atoms with van der Waals surface area (Å²) in [5.41, 5.74) is 2.37. The van der Waals surface area contributed by atoms with Gasteiger partial charge in [0.05, 0.1) is 11.6 Å². The molecule has 0 amide bonds. The van der Waals surface area contributed by atoms with Crippen molar-refractivity contribution in [3.8, 4) is 0 Å². The van der Waals surface area contributed by atoms with Gasteiger partial charge >= 0.3 is 0 Å². The number of pyridine rings is 1. The molecule has 1 aliphatic rings. The first kappa shape index (κ1) is 12.6. The molecule has 2 aromatic rings. The lowest BCUT2D eigenvalue weighted by molar-refractivity contribution is 0.101. The summed E-state index contributed by atoms with van der Waals surface area (Å²) in [4.78, 5) is 4.35. The number of fused-ring (bicyclic) bond motifs is 1. The predicted octanol–water partition coefficient (Wildman–Crippen LogP) is 3.72. The van der Waals surface area contributed by atoms with Crippen molar-refractivity contribution in [1.29, 1.82) is 0 Å². The van der Waals surface area contributed by atoms with E-state index in [1.807, 2.05) is 12.3 Å². The van der Waals surface area contributed by atoms with E-state index in [0.29, 0.717) is 5.92 Å². The highest BCUT2D eigenvalue weighted by Gasteiger charge is 2.21. The highest BCUT2D eigenvalue weighted by molar-refractivity contribution is 5.78. The van der Waals surface area contributed by atoms with Crippen LogP contribution in [0.4, 0.5) is 0 Å². The molecule has 1 fully saturated rings. The van der Waals surface area contributed by atoms with Crippen molar-refractivity contribution >= 4 is 10.9 Å². The fourth-order valence-corrected chi connectivity index (χ4v) is 3.16. The summed E-state index contributed by atoms with van der Waals surface area (Å²) in [6.07, 6.45) is 8.55. The van der Waals surface area contributed by atoms with E-state index in [-0.39, 0.29) is 6.10 Å². The Labute approximate surface area is 114 Å². The van der Waals surface area contributed by atoms with E-state index in [1.54, 1.807) is 0 Å². The van der Waals surface area contributed by atoms with Crippen LogP contribution in [0.5, 0.6) is 0 Å². The fraction of sp³-hybridized carbons (Fsp3) is 0.471. The number of aliphatic hydroxyl groups excluding tert-OH is 1. The number of aromatic nitrogens is 1. The van der Waals surface area contributed by atoms with Crippen molar-refractivity contribution in [2.75, 3.05) is 0 Å². The van der Waals surface area contributed by atoms with Gasteiger partial charge in [0, 0.05) is 11.6 Å². The summed E-state index contributed by atoms with van der Waals surface area (Å²) in [6, 6.07) is 10.6. The molecular formula is C17H21NO. The summed E-state index contributed by atoms with van der Waals surface area (Å²) < 4.78 is 0. The van der Waals surface area contributed by atoms with Crippen LogP contribution < -0.4 is 0 Å². The Morgan fingerprint density at radius 1 is 1.11 bits per heavy atom. The average molecular weight is 255 g/mol. The van der Waals surface area contributed by atoms with Gasteiger partial charge in [0.25, 0.3) is 0 Å². The van der Waals surface area contributed by atoms with Gasteiger partial charge in [-0.1, -0.05) is 31.4 Å². The molecule has 100 valence electrons. The van der Waals surface area contributed by atoms with E-state index in [9.17, 15) is 5.11 Å². The number of hydrogen-bond acceptors (Lipinski definition) is 2. The molecule has 1 saturated carbocycles. The van der Waals surface area contributed by atoms with E-state index in [2.05, 4.69) is 29.2 Å². The molecule has 0 bridgehead atoms. The van der Waals surface area contributed by atoms with Gasteiger partial charge in [-0.2, -0.15) is 0 Å². The van der Waals surface area contributed by atoms with Gasteiger partial charge < -0.3 is 5.11 Å². The second-order valence-electron chi connectivity index (χ2n) is 5.70. The van der Waals surface area contributed by atoms with Gasteiger partial charge in [-0.05, 0) is 48.9 Å². The van der Waals surface area contributed by atoms with Crippen molar-refractivity contribution in [3.05, 3.63) is 42.1 Å². The number of benzene rings is 1. The van der Waals surface area contributed by atoms with Crippen molar-refractivity contribution < 1.29 is 5.11 Å². The summed E-state index contributed by atoms with van der Waals surface area (Å²) >= 11 is 0. The summed E-state index contributed by atoms with van der Waals surface area (Å²) in [5.74, 6) is 0.427. The Balaban J connectivity index is 1.80. The van der Waals surface area contributed by atoms with Crippen molar-refractivity contribution in [1.82, 2.24) is 4.98 Å². The minimum absolute atomic E-state index is 0.118. The molecule has 2 unspecified atom stereocenters. The maximum atomic E-state index is 10.2. The molecule has 1 aromatic heterocycles. The third kappa shape index (κ3) is 2.95. The van der Waals surface area contributed by atoms with Crippen LogP contribution in [0.1, 0.15) is 37.7 Å². The van der Waals surface area contributed by atoms with Crippen molar-refractivity contribution in [2.45, 2.75) is 44.6 Å². The molecule has 19 heavy (non-hydrogen) atoms. The minimum atomic E-state index is -0.118. The van der Waals surface area contributed by atoms with Gasteiger partial charge in [-0.15, -0.1) is 0 Å². The smallest absolute Gasteiger partial charge is 0.0702 e. The second kappa shape index (κ2) is 5.70. The normalized spacial score (nSPS) is 24.3. The molecule has 0 saturated heterocycles. The lowest BCUT2D eigenvalue weighted by Gasteiger charge is -2.20. The zero-order valence-corrected chi connectivity index (χ0v) is 11.3. The molecule has 2 heteroatoms.